The van der Waals surface area contributed by atoms with Crippen molar-refractivity contribution >= 4 is 22.9 Å². The van der Waals surface area contributed by atoms with Crippen molar-refractivity contribution in [1.82, 2.24) is 0 Å². The van der Waals surface area contributed by atoms with Crippen molar-refractivity contribution < 1.29 is 27.1 Å². The average molecular weight is 329 g/mol. The highest BCUT2D eigenvalue weighted by Gasteiger charge is 2.31. The molecule has 0 amide bonds. The quantitative estimate of drug-likeness (QED) is 0.489. The van der Waals surface area contributed by atoms with E-state index in [1.165, 1.54) is 6.07 Å². The van der Waals surface area contributed by atoms with E-state index in [4.69, 9.17) is 11.6 Å². The van der Waals surface area contributed by atoms with Gasteiger partial charge in [0.25, 0.3) is 0 Å². The van der Waals surface area contributed by atoms with Crippen molar-refractivity contribution in [1.29, 1.82) is 0 Å². The van der Waals surface area contributed by atoms with Crippen LogP contribution in [0.5, 0.6) is 0 Å². The summed E-state index contributed by atoms with van der Waals surface area (Å²) < 4.78 is 66.4. The van der Waals surface area contributed by atoms with Crippen LogP contribution in [0.1, 0.15) is 22.1 Å². The Bertz CT molecular complexity index is 636. The van der Waals surface area contributed by atoms with Crippen LogP contribution in [0.15, 0.2) is 6.07 Å². The van der Waals surface area contributed by atoms with Gasteiger partial charge in [0.15, 0.2) is 23.3 Å². The molecule has 0 aliphatic carbocycles. The van der Waals surface area contributed by atoms with Crippen LogP contribution in [-0.2, 0) is 0 Å². The predicted octanol–water partition coefficient (Wildman–Crippen LogP) is 4.49. The minimum atomic E-state index is -2.27. The van der Waals surface area contributed by atoms with Crippen LogP contribution in [-0.4, -0.2) is 5.11 Å². The summed E-state index contributed by atoms with van der Waals surface area (Å²) in [7, 11) is 0. The molecule has 1 aromatic carbocycles. The molecule has 1 unspecified atom stereocenters. The van der Waals surface area contributed by atoms with Crippen molar-refractivity contribution in [2.75, 3.05) is 0 Å². The minimum absolute atomic E-state index is 0.0179. The Kier molecular flexibility index (Phi) is 4.04. The van der Waals surface area contributed by atoms with Crippen LogP contribution < -0.4 is 0 Å². The minimum Gasteiger partial charge on any atom is -0.383 e. The van der Waals surface area contributed by atoms with Gasteiger partial charge in [-0.05, 0) is 18.6 Å². The summed E-state index contributed by atoms with van der Waals surface area (Å²) in [5, 5.41) is 9.85. The molecule has 2 aromatic rings. The lowest BCUT2D eigenvalue weighted by Gasteiger charge is -2.13. The summed E-state index contributed by atoms with van der Waals surface area (Å²) in [5.41, 5.74) is -0.770. The van der Waals surface area contributed by atoms with E-state index < -0.39 is 40.8 Å². The van der Waals surface area contributed by atoms with E-state index in [9.17, 15) is 27.1 Å². The largest absolute Gasteiger partial charge is 0.383 e. The molecule has 0 bridgehead atoms. The predicted molar refractivity (Wildman–Crippen MR) is 64.4 cm³/mol. The second-order valence-electron chi connectivity index (χ2n) is 3.99. The molecule has 0 radical (unpaired) electrons. The molecule has 1 nitrogen and oxygen atoms in total. The number of aliphatic hydroxyl groups excluding tert-OH is 1. The van der Waals surface area contributed by atoms with Crippen molar-refractivity contribution in [3.8, 4) is 0 Å². The smallest absolute Gasteiger partial charge is 0.200 e. The lowest BCUT2D eigenvalue weighted by molar-refractivity contribution is 0.206. The van der Waals surface area contributed by atoms with E-state index in [2.05, 4.69) is 0 Å². The summed E-state index contributed by atoms with van der Waals surface area (Å²) in [6.07, 6.45) is -1.99. The zero-order valence-electron chi connectivity index (χ0n) is 9.78. The van der Waals surface area contributed by atoms with Gasteiger partial charge in [-0.3, -0.25) is 0 Å². The van der Waals surface area contributed by atoms with Gasteiger partial charge in [-0.2, -0.15) is 0 Å². The Labute approximate surface area is 119 Å². The van der Waals surface area contributed by atoms with Gasteiger partial charge in [-0.1, -0.05) is 11.6 Å². The fourth-order valence-corrected chi connectivity index (χ4v) is 2.84. The molecular formula is C12H6ClF5OS. The van der Waals surface area contributed by atoms with Crippen LogP contribution in [0.2, 0.25) is 4.34 Å². The van der Waals surface area contributed by atoms with Crippen LogP contribution in [0, 0.1) is 36.0 Å². The van der Waals surface area contributed by atoms with E-state index in [1.54, 1.807) is 6.92 Å². The number of hydrogen-bond acceptors (Lipinski definition) is 2. The lowest BCUT2D eigenvalue weighted by Crippen LogP contribution is -2.11. The number of thiophene rings is 1. The first-order chi connectivity index (χ1) is 9.25. The molecule has 1 atom stereocenters. The highest BCUT2D eigenvalue weighted by molar-refractivity contribution is 7.16. The van der Waals surface area contributed by atoms with Crippen molar-refractivity contribution in [3.05, 3.63) is 55.5 Å². The summed E-state index contributed by atoms with van der Waals surface area (Å²) in [5.74, 6) is -10.6. The molecule has 0 fully saturated rings. The third kappa shape index (κ3) is 2.30. The lowest BCUT2D eigenvalue weighted by atomic mass is 10.0. The van der Waals surface area contributed by atoms with Gasteiger partial charge < -0.3 is 5.11 Å². The Hall–Kier alpha value is -1.18. The Morgan fingerprint density at radius 1 is 1.00 bits per heavy atom. The van der Waals surface area contributed by atoms with Crippen molar-refractivity contribution in [3.63, 3.8) is 0 Å². The zero-order valence-corrected chi connectivity index (χ0v) is 11.4. The first kappa shape index (κ1) is 15.2. The average Bonchev–Trinajstić information content (AvgIpc) is 2.74. The molecule has 8 heteroatoms. The topological polar surface area (TPSA) is 20.2 Å². The van der Waals surface area contributed by atoms with E-state index >= 15 is 0 Å². The molecule has 108 valence electrons. The summed E-state index contributed by atoms with van der Waals surface area (Å²) in [6, 6.07) is 1.32. The Morgan fingerprint density at radius 3 is 1.85 bits per heavy atom. The maximum atomic E-state index is 13.5. The first-order valence-electron chi connectivity index (χ1n) is 5.21. The molecule has 0 aliphatic rings. The number of hydrogen-bond donors (Lipinski definition) is 1. The van der Waals surface area contributed by atoms with Gasteiger partial charge in [0.2, 0.25) is 5.82 Å². The summed E-state index contributed by atoms with van der Waals surface area (Å²) in [4.78, 5) is -0.0179. The molecule has 0 saturated heterocycles. The number of rotatable bonds is 2. The fourth-order valence-electron chi connectivity index (χ4n) is 1.62. The van der Waals surface area contributed by atoms with Gasteiger partial charge >= 0.3 is 0 Å². The Morgan fingerprint density at radius 2 is 1.45 bits per heavy atom. The van der Waals surface area contributed by atoms with E-state index in [-0.39, 0.29) is 9.21 Å². The van der Waals surface area contributed by atoms with Crippen LogP contribution >= 0.6 is 22.9 Å². The third-order valence-electron chi connectivity index (χ3n) is 2.66. The third-order valence-corrected chi connectivity index (χ3v) is 4.27. The molecule has 1 heterocycles. The molecular weight excluding hydrogens is 323 g/mol. The standard InChI is InChI=1S/C12H6ClF5OS/c1-3-2-4(20-12(3)13)11(19)5-6(14)8(16)10(18)9(17)7(5)15/h2,11,19H,1H3. The van der Waals surface area contributed by atoms with Gasteiger partial charge in [-0.25, -0.2) is 22.0 Å². The summed E-state index contributed by atoms with van der Waals surface area (Å²) >= 11 is 6.53. The molecule has 0 saturated carbocycles. The Balaban J connectivity index is 2.63. The molecule has 1 aromatic heterocycles. The van der Waals surface area contributed by atoms with Gasteiger partial charge in [-0.15, -0.1) is 11.3 Å². The highest BCUT2D eigenvalue weighted by atomic mass is 35.5. The van der Waals surface area contributed by atoms with Gasteiger partial charge in [0, 0.05) is 4.88 Å². The molecule has 0 spiro atoms. The van der Waals surface area contributed by atoms with Gasteiger partial charge in [0.05, 0.1) is 9.90 Å². The van der Waals surface area contributed by atoms with Crippen molar-refractivity contribution in [2.24, 2.45) is 0 Å². The van der Waals surface area contributed by atoms with Gasteiger partial charge in [0.1, 0.15) is 6.10 Å². The van der Waals surface area contributed by atoms with Crippen molar-refractivity contribution in [2.45, 2.75) is 13.0 Å². The molecule has 20 heavy (non-hydrogen) atoms. The monoisotopic (exact) mass is 328 g/mol. The zero-order chi connectivity index (χ0) is 15.2. The first-order valence-corrected chi connectivity index (χ1v) is 6.40. The number of benzene rings is 1. The van der Waals surface area contributed by atoms with Crippen LogP contribution in [0.4, 0.5) is 22.0 Å². The highest BCUT2D eigenvalue weighted by Crippen LogP contribution is 2.37. The van der Waals surface area contributed by atoms with Crippen LogP contribution in [0.25, 0.3) is 0 Å². The maximum Gasteiger partial charge on any atom is 0.200 e. The normalized spacial score (nSPS) is 12.8. The summed E-state index contributed by atoms with van der Waals surface area (Å²) in [6.45, 7) is 1.58. The number of aliphatic hydroxyl groups is 1. The maximum absolute atomic E-state index is 13.5. The molecule has 0 aliphatic heterocycles. The van der Waals surface area contributed by atoms with E-state index in [1.807, 2.05) is 0 Å². The SMILES string of the molecule is Cc1cc(C(O)c2c(F)c(F)c(F)c(F)c2F)sc1Cl. The van der Waals surface area contributed by atoms with E-state index in [0.717, 1.165) is 11.3 Å². The van der Waals surface area contributed by atoms with Crippen LogP contribution in [0.3, 0.4) is 0 Å². The second-order valence-corrected chi connectivity index (χ2v) is 5.68. The molecule has 2 rings (SSSR count). The van der Waals surface area contributed by atoms with E-state index in [0.29, 0.717) is 5.56 Å². The fraction of sp³-hybridized carbons (Fsp3) is 0.167. The number of halogens is 6. The second kappa shape index (κ2) is 5.31. The number of aryl methyl sites for hydroxylation is 1. The molecule has 1 N–H and O–H groups in total.